The van der Waals surface area contributed by atoms with Gasteiger partial charge in [0.2, 0.25) is 0 Å². The highest BCUT2D eigenvalue weighted by molar-refractivity contribution is 5.92. The molecule has 0 aliphatic rings. The third-order valence-corrected chi connectivity index (χ3v) is 4.01. The van der Waals surface area contributed by atoms with Crippen LogP contribution in [0.2, 0.25) is 0 Å². The van der Waals surface area contributed by atoms with Gasteiger partial charge in [-0.15, -0.1) is 0 Å². The van der Waals surface area contributed by atoms with Gasteiger partial charge in [0.15, 0.2) is 0 Å². The number of rotatable bonds is 7. The van der Waals surface area contributed by atoms with Crippen LogP contribution in [0.25, 0.3) is 0 Å². The van der Waals surface area contributed by atoms with E-state index in [1.54, 1.807) is 24.5 Å². The fourth-order valence-electron chi connectivity index (χ4n) is 2.60. The summed E-state index contributed by atoms with van der Waals surface area (Å²) in [6.07, 6.45) is 2.90. The molecule has 0 aliphatic heterocycles. The number of para-hydroxylation sites is 1. The highest BCUT2D eigenvalue weighted by atomic mass is 16.5. The predicted molar refractivity (Wildman–Crippen MR) is 108 cm³/mol. The topological polar surface area (TPSA) is 89.3 Å². The number of aromatic nitrogens is 2. The van der Waals surface area contributed by atoms with E-state index >= 15 is 0 Å². The third kappa shape index (κ3) is 4.98. The van der Waals surface area contributed by atoms with E-state index in [-0.39, 0.29) is 11.6 Å². The van der Waals surface area contributed by atoms with Crippen molar-refractivity contribution in [3.63, 3.8) is 0 Å². The molecule has 7 heteroatoms. The number of hydrogen-bond acceptors (Lipinski definition) is 6. The number of benzene rings is 2. The van der Waals surface area contributed by atoms with Crippen LogP contribution in [0.4, 0.5) is 11.5 Å². The summed E-state index contributed by atoms with van der Waals surface area (Å²) in [6.45, 7) is 0.293. The molecule has 0 saturated heterocycles. The van der Waals surface area contributed by atoms with Crippen molar-refractivity contribution in [2.45, 2.75) is 6.54 Å². The van der Waals surface area contributed by atoms with Crippen molar-refractivity contribution in [3.8, 4) is 11.5 Å². The molecule has 7 nitrogen and oxygen atoms in total. The van der Waals surface area contributed by atoms with E-state index in [1.807, 2.05) is 54.6 Å². The lowest BCUT2D eigenvalue weighted by Crippen LogP contribution is -2.23. The summed E-state index contributed by atoms with van der Waals surface area (Å²) >= 11 is 0. The molecule has 144 valence electrons. The van der Waals surface area contributed by atoms with E-state index < -0.39 is 0 Å². The quantitative estimate of drug-likeness (QED) is 0.485. The van der Waals surface area contributed by atoms with Crippen LogP contribution in [0.3, 0.4) is 0 Å². The lowest BCUT2D eigenvalue weighted by atomic mass is 10.3. The van der Waals surface area contributed by atoms with Crippen molar-refractivity contribution < 1.29 is 13.9 Å². The maximum absolute atomic E-state index is 12.3. The maximum Gasteiger partial charge on any atom is 0.270 e. The minimum Gasteiger partial charge on any atom is -0.467 e. The molecule has 1 amide bonds. The first-order valence-electron chi connectivity index (χ1n) is 8.99. The van der Waals surface area contributed by atoms with Gasteiger partial charge in [-0.1, -0.05) is 18.2 Å². The number of anilines is 2. The Kier molecular flexibility index (Phi) is 5.48. The predicted octanol–water partition coefficient (Wildman–Crippen LogP) is 4.54. The normalized spacial score (nSPS) is 10.3. The van der Waals surface area contributed by atoms with Crippen molar-refractivity contribution in [1.82, 2.24) is 15.3 Å². The Morgan fingerprint density at radius 3 is 2.48 bits per heavy atom. The van der Waals surface area contributed by atoms with Crippen molar-refractivity contribution in [3.05, 3.63) is 96.8 Å². The Labute approximate surface area is 167 Å². The molecule has 2 aromatic carbocycles. The molecule has 2 N–H and O–H groups in total. The second-order valence-corrected chi connectivity index (χ2v) is 6.12. The fourth-order valence-corrected chi connectivity index (χ4v) is 2.60. The molecule has 0 aliphatic carbocycles. The van der Waals surface area contributed by atoms with E-state index in [4.69, 9.17) is 9.15 Å². The average Bonchev–Trinajstić information content (AvgIpc) is 3.28. The molecule has 29 heavy (non-hydrogen) atoms. The second-order valence-electron chi connectivity index (χ2n) is 6.12. The van der Waals surface area contributed by atoms with Gasteiger partial charge in [-0.2, -0.15) is 0 Å². The first-order valence-corrected chi connectivity index (χ1v) is 8.99. The van der Waals surface area contributed by atoms with E-state index in [1.165, 1.54) is 6.33 Å². The molecule has 0 bridgehead atoms. The van der Waals surface area contributed by atoms with Crippen LogP contribution in [-0.2, 0) is 6.54 Å². The Balaban J connectivity index is 1.37. The van der Waals surface area contributed by atoms with Crippen LogP contribution in [-0.4, -0.2) is 15.9 Å². The van der Waals surface area contributed by atoms with Gasteiger partial charge < -0.3 is 19.8 Å². The summed E-state index contributed by atoms with van der Waals surface area (Å²) in [4.78, 5) is 20.5. The van der Waals surface area contributed by atoms with Crippen molar-refractivity contribution in [1.29, 1.82) is 0 Å². The van der Waals surface area contributed by atoms with Gasteiger partial charge in [-0.05, 0) is 48.5 Å². The van der Waals surface area contributed by atoms with E-state index in [2.05, 4.69) is 20.6 Å². The summed E-state index contributed by atoms with van der Waals surface area (Å²) in [6, 6.07) is 22.2. The monoisotopic (exact) mass is 386 g/mol. The highest BCUT2D eigenvalue weighted by Gasteiger charge is 2.09. The summed E-state index contributed by atoms with van der Waals surface area (Å²) in [5.41, 5.74) is 1.07. The van der Waals surface area contributed by atoms with E-state index in [0.717, 1.165) is 17.2 Å². The van der Waals surface area contributed by atoms with Gasteiger partial charge in [0.1, 0.15) is 35.1 Å². The summed E-state index contributed by atoms with van der Waals surface area (Å²) in [5, 5.41) is 5.91. The van der Waals surface area contributed by atoms with Crippen LogP contribution < -0.4 is 15.4 Å². The number of carbonyl (C=O) groups excluding carboxylic acids is 1. The number of ether oxygens (including phenoxy) is 1. The first kappa shape index (κ1) is 18.2. The van der Waals surface area contributed by atoms with E-state index in [0.29, 0.717) is 18.1 Å². The maximum atomic E-state index is 12.3. The molecule has 0 spiro atoms. The Morgan fingerprint density at radius 2 is 1.72 bits per heavy atom. The SMILES string of the molecule is O=C(NCc1ccco1)c1cc(Nc2ccc(Oc3ccccc3)cc2)ncn1. The van der Waals surface area contributed by atoms with Crippen molar-refractivity contribution >= 4 is 17.4 Å². The molecule has 0 saturated carbocycles. The molecular formula is C22H18N4O3. The number of furan rings is 1. The highest BCUT2D eigenvalue weighted by Crippen LogP contribution is 2.23. The van der Waals surface area contributed by atoms with Gasteiger partial charge >= 0.3 is 0 Å². The number of amides is 1. The molecule has 2 heterocycles. The largest absolute Gasteiger partial charge is 0.467 e. The smallest absolute Gasteiger partial charge is 0.270 e. The number of nitrogens with zero attached hydrogens (tertiary/aromatic N) is 2. The number of carbonyl (C=O) groups is 1. The van der Waals surface area contributed by atoms with E-state index in [9.17, 15) is 4.79 Å². The Hall–Kier alpha value is -4.13. The zero-order valence-electron chi connectivity index (χ0n) is 15.4. The zero-order valence-corrected chi connectivity index (χ0v) is 15.4. The molecule has 0 radical (unpaired) electrons. The van der Waals surface area contributed by atoms with Crippen molar-refractivity contribution in [2.24, 2.45) is 0 Å². The second kappa shape index (κ2) is 8.71. The minimum absolute atomic E-state index is 0.262. The summed E-state index contributed by atoms with van der Waals surface area (Å²) in [7, 11) is 0. The average molecular weight is 386 g/mol. The molecular weight excluding hydrogens is 368 g/mol. The van der Waals surface area contributed by atoms with Crippen LogP contribution in [0.5, 0.6) is 11.5 Å². The van der Waals surface area contributed by atoms with Gasteiger partial charge in [-0.3, -0.25) is 4.79 Å². The minimum atomic E-state index is -0.307. The van der Waals surface area contributed by atoms with Crippen molar-refractivity contribution in [2.75, 3.05) is 5.32 Å². The lowest BCUT2D eigenvalue weighted by molar-refractivity contribution is 0.0943. The third-order valence-electron chi connectivity index (χ3n) is 4.01. The van der Waals surface area contributed by atoms with Crippen LogP contribution in [0.1, 0.15) is 16.2 Å². The standard InChI is InChI=1S/C22H18N4O3/c27-22(23-14-19-7-4-12-28-19)20-13-21(25-15-24-20)26-16-8-10-18(11-9-16)29-17-5-2-1-3-6-17/h1-13,15H,14H2,(H,23,27)(H,24,25,26). The zero-order chi connectivity index (χ0) is 19.9. The van der Waals surface area contributed by atoms with Gasteiger partial charge in [-0.25, -0.2) is 9.97 Å². The number of nitrogens with one attached hydrogen (secondary N) is 2. The molecule has 4 aromatic rings. The summed E-state index contributed by atoms with van der Waals surface area (Å²) < 4.78 is 11.0. The van der Waals surface area contributed by atoms with Gasteiger partial charge in [0.25, 0.3) is 5.91 Å². The Bertz CT molecular complexity index is 1060. The Morgan fingerprint density at radius 1 is 0.931 bits per heavy atom. The van der Waals surface area contributed by atoms with Gasteiger partial charge in [0.05, 0.1) is 12.8 Å². The molecule has 2 aromatic heterocycles. The molecule has 0 unspecified atom stereocenters. The first-order chi connectivity index (χ1) is 14.3. The van der Waals surface area contributed by atoms with Crippen LogP contribution in [0.15, 0.2) is 89.8 Å². The molecule has 4 rings (SSSR count). The molecule has 0 atom stereocenters. The fraction of sp³-hybridized carbons (Fsp3) is 0.0455. The molecule has 0 fully saturated rings. The number of hydrogen-bond donors (Lipinski definition) is 2. The van der Waals surface area contributed by atoms with Crippen LogP contribution in [0, 0.1) is 0 Å². The van der Waals surface area contributed by atoms with Crippen LogP contribution >= 0.6 is 0 Å². The summed E-state index contributed by atoms with van der Waals surface area (Å²) in [5.74, 6) is 2.37. The van der Waals surface area contributed by atoms with Gasteiger partial charge in [0, 0.05) is 11.8 Å². The lowest BCUT2D eigenvalue weighted by Gasteiger charge is -2.09.